The Kier molecular flexibility index (Phi) is 3.94. The van der Waals surface area contributed by atoms with Gasteiger partial charge in [0.15, 0.2) is 0 Å². The van der Waals surface area contributed by atoms with Crippen LogP contribution in [0.25, 0.3) is 0 Å². The molecule has 2 N–H and O–H groups in total. The molecule has 0 saturated carbocycles. The quantitative estimate of drug-likeness (QED) is 0.835. The van der Waals surface area contributed by atoms with Crippen LogP contribution >= 0.6 is 11.6 Å². The maximum atomic E-state index is 13.1. The molecule has 0 aromatic heterocycles. The molecule has 0 unspecified atom stereocenters. The van der Waals surface area contributed by atoms with Crippen molar-refractivity contribution in [3.8, 4) is 0 Å². The summed E-state index contributed by atoms with van der Waals surface area (Å²) in [5, 5.41) is 12.2. The smallest absolute Gasteiger partial charge is 0.143 e. The summed E-state index contributed by atoms with van der Waals surface area (Å²) < 4.78 is 13.1. The first kappa shape index (κ1) is 12.3. The third kappa shape index (κ3) is 3.68. The van der Waals surface area contributed by atoms with Crippen LogP contribution in [0.5, 0.6) is 0 Å². The van der Waals surface area contributed by atoms with E-state index in [1.807, 2.05) is 13.8 Å². The molecule has 2 nitrogen and oxygen atoms in total. The van der Waals surface area contributed by atoms with Crippen molar-refractivity contribution in [1.29, 1.82) is 0 Å². The Morgan fingerprint density at radius 3 is 2.67 bits per heavy atom. The average Bonchev–Trinajstić information content (AvgIpc) is 2.20. The van der Waals surface area contributed by atoms with Gasteiger partial charge in [0, 0.05) is 24.3 Å². The van der Waals surface area contributed by atoms with E-state index >= 15 is 0 Å². The van der Waals surface area contributed by atoms with Gasteiger partial charge in [0.25, 0.3) is 0 Å². The van der Waals surface area contributed by atoms with Crippen molar-refractivity contribution in [2.75, 3.05) is 18.5 Å². The molecule has 0 atom stereocenters. The molecule has 1 rings (SSSR count). The minimum Gasteiger partial charge on any atom is -0.396 e. The van der Waals surface area contributed by atoms with Crippen molar-refractivity contribution in [2.24, 2.45) is 5.41 Å². The standard InChI is InChI=1S/C11H15ClFNO/c1-11(2,7-15)6-14-8-3-4-9(12)10(13)5-8/h3-5,14-15H,6-7H2,1-2H3. The number of hydrogen-bond donors (Lipinski definition) is 2. The minimum absolute atomic E-state index is 0.0794. The molecular weight excluding hydrogens is 217 g/mol. The zero-order valence-electron chi connectivity index (χ0n) is 8.85. The molecule has 0 bridgehead atoms. The second-order valence-electron chi connectivity index (χ2n) is 4.30. The fourth-order valence-corrected chi connectivity index (χ4v) is 1.12. The SMILES string of the molecule is CC(C)(CO)CNc1ccc(Cl)c(F)c1. The molecule has 0 spiro atoms. The lowest BCUT2D eigenvalue weighted by molar-refractivity contribution is 0.171. The van der Waals surface area contributed by atoms with E-state index in [9.17, 15) is 4.39 Å². The Morgan fingerprint density at radius 1 is 1.47 bits per heavy atom. The summed E-state index contributed by atoms with van der Waals surface area (Å²) >= 11 is 5.56. The van der Waals surface area contributed by atoms with Crippen molar-refractivity contribution in [3.63, 3.8) is 0 Å². The lowest BCUT2D eigenvalue weighted by Gasteiger charge is -2.22. The molecule has 84 valence electrons. The predicted molar refractivity (Wildman–Crippen MR) is 60.8 cm³/mol. The normalized spacial score (nSPS) is 11.5. The van der Waals surface area contributed by atoms with Crippen LogP contribution < -0.4 is 5.32 Å². The molecule has 0 heterocycles. The van der Waals surface area contributed by atoms with Crippen LogP contribution in [0.1, 0.15) is 13.8 Å². The molecule has 4 heteroatoms. The molecule has 15 heavy (non-hydrogen) atoms. The molecule has 0 aliphatic carbocycles. The van der Waals surface area contributed by atoms with Gasteiger partial charge in [0.1, 0.15) is 5.82 Å². The van der Waals surface area contributed by atoms with Gasteiger partial charge in [-0.3, -0.25) is 0 Å². The second-order valence-corrected chi connectivity index (χ2v) is 4.71. The van der Waals surface area contributed by atoms with Crippen LogP contribution in [0.3, 0.4) is 0 Å². The fraction of sp³-hybridized carbons (Fsp3) is 0.455. The number of aliphatic hydroxyl groups is 1. The van der Waals surface area contributed by atoms with Crippen LogP contribution in [-0.4, -0.2) is 18.3 Å². The Morgan fingerprint density at radius 2 is 2.13 bits per heavy atom. The first-order chi connectivity index (χ1) is 6.94. The van der Waals surface area contributed by atoms with Crippen molar-refractivity contribution in [1.82, 2.24) is 0 Å². The molecular formula is C11H15ClFNO. The second kappa shape index (κ2) is 4.81. The van der Waals surface area contributed by atoms with Crippen LogP contribution in [0.4, 0.5) is 10.1 Å². The number of benzene rings is 1. The van der Waals surface area contributed by atoms with E-state index in [2.05, 4.69) is 5.32 Å². The highest BCUT2D eigenvalue weighted by Gasteiger charge is 2.15. The number of anilines is 1. The summed E-state index contributed by atoms with van der Waals surface area (Å²) in [7, 11) is 0. The van der Waals surface area contributed by atoms with Gasteiger partial charge in [-0.15, -0.1) is 0 Å². The van der Waals surface area contributed by atoms with Crippen molar-refractivity contribution >= 4 is 17.3 Å². The topological polar surface area (TPSA) is 32.3 Å². The van der Waals surface area contributed by atoms with Gasteiger partial charge in [0.2, 0.25) is 0 Å². The molecule has 1 aromatic rings. The van der Waals surface area contributed by atoms with Gasteiger partial charge in [-0.05, 0) is 18.2 Å². The van der Waals surface area contributed by atoms with E-state index in [-0.39, 0.29) is 17.0 Å². The van der Waals surface area contributed by atoms with E-state index < -0.39 is 5.82 Å². The van der Waals surface area contributed by atoms with Crippen LogP contribution in [0, 0.1) is 11.2 Å². The third-order valence-electron chi connectivity index (χ3n) is 2.12. The van der Waals surface area contributed by atoms with Crippen LogP contribution in [0.15, 0.2) is 18.2 Å². The average molecular weight is 232 g/mol. The van der Waals surface area contributed by atoms with Gasteiger partial charge >= 0.3 is 0 Å². The predicted octanol–water partition coefficient (Wildman–Crippen LogP) is 2.91. The molecule has 0 radical (unpaired) electrons. The summed E-state index contributed by atoms with van der Waals surface area (Å²) in [4.78, 5) is 0. The van der Waals surface area contributed by atoms with E-state index in [1.165, 1.54) is 12.1 Å². The molecule has 1 aromatic carbocycles. The minimum atomic E-state index is -0.441. The number of nitrogens with one attached hydrogen (secondary N) is 1. The first-order valence-electron chi connectivity index (χ1n) is 4.74. The molecule has 0 aliphatic rings. The number of rotatable bonds is 4. The van der Waals surface area contributed by atoms with Gasteiger partial charge in [-0.25, -0.2) is 4.39 Å². The molecule has 0 aliphatic heterocycles. The van der Waals surface area contributed by atoms with Gasteiger partial charge in [0.05, 0.1) is 5.02 Å². The maximum absolute atomic E-state index is 13.1. The number of hydrogen-bond acceptors (Lipinski definition) is 2. The largest absolute Gasteiger partial charge is 0.396 e. The highest BCUT2D eigenvalue weighted by atomic mass is 35.5. The Hall–Kier alpha value is -0.800. The molecule has 0 saturated heterocycles. The van der Waals surface area contributed by atoms with E-state index in [0.717, 1.165) is 0 Å². The summed E-state index contributed by atoms with van der Waals surface area (Å²) in [6.45, 7) is 4.50. The molecule has 0 amide bonds. The highest BCUT2D eigenvalue weighted by molar-refractivity contribution is 6.30. The Labute approximate surface area is 94.1 Å². The summed E-state index contributed by atoms with van der Waals surface area (Å²) in [5.74, 6) is -0.441. The van der Waals surface area contributed by atoms with Gasteiger partial charge < -0.3 is 10.4 Å². The van der Waals surface area contributed by atoms with Crippen molar-refractivity contribution in [2.45, 2.75) is 13.8 Å². The maximum Gasteiger partial charge on any atom is 0.143 e. The Bertz CT molecular complexity index is 341. The third-order valence-corrected chi connectivity index (χ3v) is 2.43. The zero-order chi connectivity index (χ0) is 11.5. The Balaban J connectivity index is 2.62. The van der Waals surface area contributed by atoms with E-state index in [1.54, 1.807) is 6.07 Å². The monoisotopic (exact) mass is 231 g/mol. The number of aliphatic hydroxyl groups excluding tert-OH is 1. The summed E-state index contributed by atoms with van der Waals surface area (Å²) in [6, 6.07) is 4.56. The van der Waals surface area contributed by atoms with Crippen LogP contribution in [-0.2, 0) is 0 Å². The summed E-state index contributed by atoms with van der Waals surface area (Å²) in [6.07, 6.45) is 0. The van der Waals surface area contributed by atoms with Gasteiger partial charge in [-0.2, -0.15) is 0 Å². The van der Waals surface area contributed by atoms with Crippen LogP contribution in [0.2, 0.25) is 5.02 Å². The zero-order valence-corrected chi connectivity index (χ0v) is 9.61. The highest BCUT2D eigenvalue weighted by Crippen LogP contribution is 2.20. The number of halogens is 2. The van der Waals surface area contributed by atoms with Crippen molar-refractivity contribution in [3.05, 3.63) is 29.0 Å². The van der Waals surface area contributed by atoms with E-state index in [4.69, 9.17) is 16.7 Å². The molecule has 0 fully saturated rings. The lowest BCUT2D eigenvalue weighted by atomic mass is 9.95. The first-order valence-corrected chi connectivity index (χ1v) is 5.12. The van der Waals surface area contributed by atoms with E-state index in [0.29, 0.717) is 12.2 Å². The summed E-state index contributed by atoms with van der Waals surface area (Å²) in [5.41, 5.74) is 0.439. The fourth-order valence-electron chi connectivity index (χ4n) is 1.00. The van der Waals surface area contributed by atoms with Crippen molar-refractivity contribution < 1.29 is 9.50 Å². The van der Waals surface area contributed by atoms with Gasteiger partial charge in [-0.1, -0.05) is 25.4 Å². The lowest BCUT2D eigenvalue weighted by Crippen LogP contribution is -2.26.